The molecule has 0 unspecified atom stereocenters. The number of amides is 2. The lowest BCUT2D eigenvalue weighted by Gasteiger charge is -2.32. The lowest BCUT2D eigenvalue weighted by molar-refractivity contribution is -0.118. The minimum atomic E-state index is -3.69. The average molecular weight is 535 g/mol. The summed E-state index contributed by atoms with van der Waals surface area (Å²) in [6, 6.07) is 20.3. The summed E-state index contributed by atoms with van der Waals surface area (Å²) in [4.78, 5) is 29.2. The summed E-state index contributed by atoms with van der Waals surface area (Å²) in [5, 5.41) is 2.75. The SMILES string of the molecule is CN1CCN(C(=O)c2ccc(NC(=O)COc3ccc(S(=O)(=O)N4CCc5ccccc54)cc3)cc2)CC1. The molecule has 1 saturated heterocycles. The Bertz CT molecular complexity index is 1420. The van der Waals surface area contributed by atoms with Gasteiger partial charge in [0.05, 0.1) is 10.6 Å². The number of anilines is 2. The summed E-state index contributed by atoms with van der Waals surface area (Å²) in [7, 11) is -1.65. The van der Waals surface area contributed by atoms with Crippen molar-refractivity contribution in [1.29, 1.82) is 0 Å². The fourth-order valence-electron chi connectivity index (χ4n) is 4.63. The van der Waals surface area contributed by atoms with Crippen LogP contribution < -0.4 is 14.4 Å². The highest BCUT2D eigenvalue weighted by Gasteiger charge is 2.30. The monoisotopic (exact) mass is 534 g/mol. The highest BCUT2D eigenvalue weighted by atomic mass is 32.2. The van der Waals surface area contributed by atoms with Gasteiger partial charge in [-0.2, -0.15) is 0 Å². The lowest BCUT2D eigenvalue weighted by Crippen LogP contribution is -2.47. The second-order valence-electron chi connectivity index (χ2n) is 9.44. The number of nitrogens with zero attached hydrogens (tertiary/aromatic N) is 3. The van der Waals surface area contributed by atoms with Crippen molar-refractivity contribution < 1.29 is 22.7 Å². The molecule has 0 bridgehead atoms. The van der Waals surface area contributed by atoms with Crippen LogP contribution in [-0.2, 0) is 21.2 Å². The number of ether oxygens (including phenoxy) is 1. The van der Waals surface area contributed by atoms with E-state index in [0.717, 1.165) is 18.7 Å². The summed E-state index contributed by atoms with van der Waals surface area (Å²) in [6.45, 7) is 3.27. The van der Waals surface area contributed by atoms with E-state index in [1.54, 1.807) is 36.4 Å². The topological polar surface area (TPSA) is 99.3 Å². The van der Waals surface area contributed by atoms with Crippen molar-refractivity contribution in [3.05, 3.63) is 83.9 Å². The van der Waals surface area contributed by atoms with Crippen molar-refractivity contribution in [2.45, 2.75) is 11.3 Å². The predicted octanol–water partition coefficient (Wildman–Crippen LogP) is 2.84. The van der Waals surface area contributed by atoms with Gasteiger partial charge in [0, 0.05) is 44.0 Å². The van der Waals surface area contributed by atoms with E-state index < -0.39 is 10.0 Å². The van der Waals surface area contributed by atoms with Crippen LogP contribution in [0.2, 0.25) is 0 Å². The van der Waals surface area contributed by atoms with Gasteiger partial charge in [0.25, 0.3) is 21.8 Å². The van der Waals surface area contributed by atoms with E-state index in [9.17, 15) is 18.0 Å². The zero-order chi connectivity index (χ0) is 26.7. The molecule has 0 aromatic heterocycles. The number of rotatable bonds is 7. The Morgan fingerprint density at radius 3 is 2.26 bits per heavy atom. The molecule has 0 aliphatic carbocycles. The summed E-state index contributed by atoms with van der Waals surface area (Å²) in [5.41, 5.74) is 2.86. The molecule has 38 heavy (non-hydrogen) atoms. The van der Waals surface area contributed by atoms with Gasteiger partial charge in [0.2, 0.25) is 0 Å². The molecule has 198 valence electrons. The van der Waals surface area contributed by atoms with Gasteiger partial charge in [0.1, 0.15) is 5.75 Å². The molecule has 10 heteroatoms. The van der Waals surface area contributed by atoms with Crippen molar-refractivity contribution in [3.8, 4) is 5.75 Å². The van der Waals surface area contributed by atoms with Crippen LogP contribution in [0.25, 0.3) is 0 Å². The number of nitrogens with one attached hydrogen (secondary N) is 1. The number of hydrogen-bond acceptors (Lipinski definition) is 6. The number of likely N-dealkylation sites (N-methyl/N-ethyl adjacent to an activating group) is 1. The summed E-state index contributed by atoms with van der Waals surface area (Å²) in [6.07, 6.45) is 0.682. The molecule has 9 nitrogen and oxygen atoms in total. The van der Waals surface area contributed by atoms with Crippen molar-refractivity contribution >= 4 is 33.2 Å². The molecule has 0 saturated carbocycles. The highest BCUT2D eigenvalue weighted by molar-refractivity contribution is 7.92. The predicted molar refractivity (Wildman–Crippen MR) is 145 cm³/mol. The normalized spacial score (nSPS) is 15.7. The van der Waals surface area contributed by atoms with Crippen molar-refractivity contribution in [3.63, 3.8) is 0 Å². The maximum Gasteiger partial charge on any atom is 0.264 e. The van der Waals surface area contributed by atoms with Crippen LogP contribution in [0.4, 0.5) is 11.4 Å². The minimum Gasteiger partial charge on any atom is -0.484 e. The first-order chi connectivity index (χ1) is 18.3. The first-order valence-corrected chi connectivity index (χ1v) is 14.0. The first kappa shape index (κ1) is 25.7. The van der Waals surface area contributed by atoms with Crippen LogP contribution in [0.1, 0.15) is 15.9 Å². The van der Waals surface area contributed by atoms with Gasteiger partial charge in [-0.25, -0.2) is 8.42 Å². The second-order valence-corrected chi connectivity index (χ2v) is 11.3. The van der Waals surface area contributed by atoms with Crippen LogP contribution >= 0.6 is 0 Å². The molecule has 1 N–H and O–H groups in total. The standard InChI is InChI=1S/C28H30N4O5S/c1-30-16-18-31(19-17-30)28(34)22-6-8-23(9-7-22)29-27(33)20-37-24-10-12-25(13-11-24)38(35,36)32-15-14-21-4-2-3-5-26(21)32/h2-13H,14-20H2,1H3,(H,29,33). The third-order valence-electron chi connectivity index (χ3n) is 6.83. The molecule has 0 spiro atoms. The van der Waals surface area contributed by atoms with E-state index in [0.29, 0.717) is 48.7 Å². The Labute approximate surface area is 222 Å². The largest absolute Gasteiger partial charge is 0.484 e. The molecule has 3 aromatic rings. The number of hydrogen-bond donors (Lipinski definition) is 1. The molecule has 0 atom stereocenters. The fourth-order valence-corrected chi connectivity index (χ4v) is 6.13. The van der Waals surface area contributed by atoms with Crippen LogP contribution in [-0.4, -0.2) is 76.4 Å². The number of sulfonamides is 1. The third kappa shape index (κ3) is 5.51. The average Bonchev–Trinajstić information content (AvgIpc) is 3.38. The molecule has 5 rings (SSSR count). The Morgan fingerprint density at radius 1 is 0.868 bits per heavy atom. The molecule has 2 aliphatic rings. The number of carbonyl (C=O) groups excluding carboxylic acids is 2. The fraction of sp³-hybridized carbons (Fsp3) is 0.286. The lowest BCUT2D eigenvalue weighted by atomic mass is 10.1. The van der Waals surface area contributed by atoms with Gasteiger partial charge in [-0.3, -0.25) is 13.9 Å². The molecule has 2 aliphatic heterocycles. The summed E-state index contributed by atoms with van der Waals surface area (Å²) < 4.78 is 33.3. The Morgan fingerprint density at radius 2 is 1.55 bits per heavy atom. The van der Waals surface area contributed by atoms with Gasteiger partial charge < -0.3 is 19.9 Å². The van der Waals surface area contributed by atoms with E-state index in [1.165, 1.54) is 16.4 Å². The van der Waals surface area contributed by atoms with E-state index >= 15 is 0 Å². The van der Waals surface area contributed by atoms with Crippen molar-refractivity contribution in [1.82, 2.24) is 9.80 Å². The molecular formula is C28H30N4O5S. The van der Waals surface area contributed by atoms with Crippen molar-refractivity contribution in [2.75, 3.05) is 56.0 Å². The first-order valence-electron chi connectivity index (χ1n) is 12.5. The number of fused-ring (bicyclic) bond motifs is 1. The summed E-state index contributed by atoms with van der Waals surface area (Å²) in [5.74, 6) is 0.00118. The molecule has 2 heterocycles. The Kier molecular flexibility index (Phi) is 7.35. The highest BCUT2D eigenvalue weighted by Crippen LogP contribution is 2.33. The zero-order valence-corrected chi connectivity index (χ0v) is 22.0. The smallest absolute Gasteiger partial charge is 0.264 e. The second kappa shape index (κ2) is 10.8. The molecule has 1 fully saturated rings. The zero-order valence-electron chi connectivity index (χ0n) is 21.2. The van der Waals surface area contributed by atoms with Crippen LogP contribution in [0.3, 0.4) is 0 Å². The molecule has 0 radical (unpaired) electrons. The van der Waals surface area contributed by atoms with Gasteiger partial charge in [-0.15, -0.1) is 0 Å². The van der Waals surface area contributed by atoms with E-state index in [2.05, 4.69) is 10.2 Å². The molecular weight excluding hydrogens is 504 g/mol. The van der Waals surface area contributed by atoms with Crippen LogP contribution in [0, 0.1) is 0 Å². The number of benzene rings is 3. The van der Waals surface area contributed by atoms with Gasteiger partial charge in [0.15, 0.2) is 6.61 Å². The van der Waals surface area contributed by atoms with E-state index in [4.69, 9.17) is 4.74 Å². The maximum absolute atomic E-state index is 13.1. The molecule has 3 aromatic carbocycles. The third-order valence-corrected chi connectivity index (χ3v) is 8.66. The number of para-hydroxylation sites is 1. The minimum absolute atomic E-state index is 0.0151. The van der Waals surface area contributed by atoms with Crippen LogP contribution in [0.5, 0.6) is 5.75 Å². The van der Waals surface area contributed by atoms with E-state index in [1.807, 2.05) is 36.2 Å². The number of carbonyl (C=O) groups is 2. The van der Waals surface area contributed by atoms with Crippen LogP contribution in [0.15, 0.2) is 77.7 Å². The maximum atomic E-state index is 13.1. The number of piperazine rings is 1. The van der Waals surface area contributed by atoms with Crippen molar-refractivity contribution in [2.24, 2.45) is 0 Å². The Balaban J connectivity index is 1.13. The van der Waals surface area contributed by atoms with Gasteiger partial charge in [-0.1, -0.05) is 18.2 Å². The Hall–Kier alpha value is -3.89. The molecule has 2 amide bonds. The summed E-state index contributed by atoms with van der Waals surface area (Å²) >= 11 is 0. The van der Waals surface area contributed by atoms with Gasteiger partial charge >= 0.3 is 0 Å². The quantitative estimate of drug-likeness (QED) is 0.501. The van der Waals surface area contributed by atoms with Gasteiger partial charge in [-0.05, 0) is 73.6 Å². The van der Waals surface area contributed by atoms with E-state index in [-0.39, 0.29) is 23.3 Å².